The molecule has 4 heteroatoms. The maximum atomic E-state index is 9.04. The normalized spacial score (nSPS) is 10.6. The Hall–Kier alpha value is -2.17. The van der Waals surface area contributed by atoms with Crippen LogP contribution in [0.5, 0.6) is 0 Å². The van der Waals surface area contributed by atoms with Gasteiger partial charge in [0.05, 0.1) is 5.69 Å². The molecule has 19 heavy (non-hydrogen) atoms. The summed E-state index contributed by atoms with van der Waals surface area (Å²) in [6.07, 6.45) is 1.48. The molecule has 0 atom stereocenters. The molecule has 3 rings (SSSR count). The lowest BCUT2D eigenvalue weighted by molar-refractivity contribution is 0.425. The van der Waals surface area contributed by atoms with Crippen molar-refractivity contribution in [3.8, 4) is 11.3 Å². The lowest BCUT2D eigenvalue weighted by Gasteiger charge is -2.04. The number of hydrogen-bond acceptors (Lipinski definition) is 3. The van der Waals surface area contributed by atoms with Gasteiger partial charge in [-0.25, -0.2) is 0 Å². The second kappa shape index (κ2) is 4.84. The van der Waals surface area contributed by atoms with Gasteiger partial charge < -0.3 is 10.0 Å². The van der Waals surface area contributed by atoms with Crippen molar-refractivity contribution < 1.29 is 10.0 Å². The smallest absolute Gasteiger partial charge is 0.423 e. The Morgan fingerprint density at radius 3 is 2.32 bits per heavy atom. The van der Waals surface area contributed by atoms with Crippen LogP contribution in [0, 0.1) is 0 Å². The zero-order valence-electron chi connectivity index (χ0n) is 10.2. The first-order valence-corrected chi connectivity index (χ1v) is 6.05. The fourth-order valence-electron chi connectivity index (χ4n) is 2.08. The van der Waals surface area contributed by atoms with Crippen LogP contribution in [0.2, 0.25) is 0 Å². The number of pyridine rings is 1. The van der Waals surface area contributed by atoms with E-state index in [1.54, 1.807) is 12.1 Å². The number of fused-ring (bicyclic) bond motifs is 1. The maximum Gasteiger partial charge on any atom is 0.490 e. The summed E-state index contributed by atoms with van der Waals surface area (Å²) in [7, 11) is -1.47. The van der Waals surface area contributed by atoms with Crippen molar-refractivity contribution >= 4 is 23.4 Å². The van der Waals surface area contributed by atoms with Crippen molar-refractivity contribution in [1.82, 2.24) is 4.98 Å². The van der Waals surface area contributed by atoms with E-state index >= 15 is 0 Å². The minimum atomic E-state index is -1.47. The zero-order chi connectivity index (χ0) is 13.2. The number of nitrogens with zero attached hydrogens (tertiary/aromatic N) is 1. The van der Waals surface area contributed by atoms with Gasteiger partial charge in [-0.05, 0) is 22.9 Å². The van der Waals surface area contributed by atoms with Gasteiger partial charge in [0.15, 0.2) is 0 Å². The predicted octanol–water partition coefficient (Wildman–Crippen LogP) is 1.58. The average Bonchev–Trinajstić information content (AvgIpc) is 2.47. The second-order valence-electron chi connectivity index (χ2n) is 4.41. The highest BCUT2D eigenvalue weighted by molar-refractivity contribution is 6.58. The predicted molar refractivity (Wildman–Crippen MR) is 77.0 cm³/mol. The molecule has 92 valence electrons. The molecule has 2 N–H and O–H groups in total. The minimum absolute atomic E-state index is 0.393. The van der Waals surface area contributed by atoms with Crippen molar-refractivity contribution in [2.45, 2.75) is 0 Å². The van der Waals surface area contributed by atoms with Gasteiger partial charge >= 0.3 is 7.12 Å². The van der Waals surface area contributed by atoms with Crippen LogP contribution in [0.1, 0.15) is 0 Å². The molecule has 2 aromatic carbocycles. The molecule has 0 radical (unpaired) electrons. The molecule has 0 unspecified atom stereocenters. The number of aromatic nitrogens is 1. The maximum absolute atomic E-state index is 9.04. The second-order valence-corrected chi connectivity index (χ2v) is 4.41. The first-order valence-electron chi connectivity index (χ1n) is 6.05. The molecule has 1 heterocycles. The van der Waals surface area contributed by atoms with E-state index in [1.165, 1.54) is 11.6 Å². The van der Waals surface area contributed by atoms with E-state index in [2.05, 4.69) is 29.2 Å². The van der Waals surface area contributed by atoms with Gasteiger partial charge in [0.2, 0.25) is 0 Å². The number of benzene rings is 2. The molecule has 3 nitrogen and oxygen atoms in total. The van der Waals surface area contributed by atoms with Crippen molar-refractivity contribution in [2.75, 3.05) is 0 Å². The Kier molecular flexibility index (Phi) is 3.03. The van der Waals surface area contributed by atoms with Crippen molar-refractivity contribution in [1.29, 1.82) is 0 Å². The Morgan fingerprint density at radius 1 is 0.842 bits per heavy atom. The molecule has 0 amide bonds. The van der Waals surface area contributed by atoms with Gasteiger partial charge in [0, 0.05) is 17.2 Å². The monoisotopic (exact) mass is 249 g/mol. The quantitative estimate of drug-likeness (QED) is 0.678. The van der Waals surface area contributed by atoms with Crippen LogP contribution in [-0.2, 0) is 0 Å². The summed E-state index contributed by atoms with van der Waals surface area (Å²) in [4.78, 5) is 4.26. The number of rotatable bonds is 2. The van der Waals surface area contributed by atoms with E-state index in [1.807, 2.05) is 18.2 Å². The van der Waals surface area contributed by atoms with E-state index in [9.17, 15) is 0 Å². The van der Waals surface area contributed by atoms with Crippen LogP contribution >= 0.6 is 0 Å². The van der Waals surface area contributed by atoms with Crippen LogP contribution in [0.25, 0.3) is 22.0 Å². The molecule has 0 bridgehead atoms. The molecule has 0 saturated heterocycles. The highest BCUT2D eigenvalue weighted by Gasteiger charge is 2.11. The fraction of sp³-hybridized carbons (Fsp3) is 0. The van der Waals surface area contributed by atoms with Gasteiger partial charge in [0.25, 0.3) is 0 Å². The topological polar surface area (TPSA) is 53.4 Å². The summed E-state index contributed by atoms with van der Waals surface area (Å²) in [6, 6.07) is 17.7. The van der Waals surface area contributed by atoms with Gasteiger partial charge in [-0.2, -0.15) is 0 Å². The Labute approximate surface area is 111 Å². The van der Waals surface area contributed by atoms with Crippen LogP contribution in [0.15, 0.2) is 60.8 Å². The van der Waals surface area contributed by atoms with Gasteiger partial charge in [0.1, 0.15) is 0 Å². The highest BCUT2D eigenvalue weighted by atomic mass is 16.4. The summed E-state index contributed by atoms with van der Waals surface area (Å²) in [5.41, 5.74) is 2.22. The SMILES string of the molecule is OB(O)c1ccc(-c2ccc3ccccc3c2)nc1. The summed E-state index contributed by atoms with van der Waals surface area (Å²) < 4.78 is 0. The van der Waals surface area contributed by atoms with Crippen molar-refractivity contribution in [3.63, 3.8) is 0 Å². The third-order valence-corrected chi connectivity index (χ3v) is 3.13. The Balaban J connectivity index is 2.03. The zero-order valence-corrected chi connectivity index (χ0v) is 10.2. The minimum Gasteiger partial charge on any atom is -0.423 e. The average molecular weight is 249 g/mol. The van der Waals surface area contributed by atoms with Crippen molar-refractivity contribution in [3.05, 3.63) is 60.8 Å². The van der Waals surface area contributed by atoms with E-state index < -0.39 is 7.12 Å². The number of hydrogen-bond donors (Lipinski definition) is 2. The summed E-state index contributed by atoms with van der Waals surface area (Å²) in [6.45, 7) is 0. The summed E-state index contributed by atoms with van der Waals surface area (Å²) >= 11 is 0. The largest absolute Gasteiger partial charge is 0.490 e. The summed E-state index contributed by atoms with van der Waals surface area (Å²) in [5, 5.41) is 20.4. The van der Waals surface area contributed by atoms with E-state index in [-0.39, 0.29) is 0 Å². The standard InChI is InChI=1S/C15H12BNO2/c18-16(19)14-7-8-15(17-10-14)13-6-5-11-3-1-2-4-12(11)9-13/h1-10,18-19H. The Bertz CT molecular complexity index is 711. The van der Waals surface area contributed by atoms with E-state index in [0.717, 1.165) is 16.6 Å². The van der Waals surface area contributed by atoms with Crippen LogP contribution in [-0.4, -0.2) is 22.2 Å². The van der Waals surface area contributed by atoms with E-state index in [0.29, 0.717) is 5.46 Å². The molecule has 0 saturated carbocycles. The lowest BCUT2D eigenvalue weighted by atomic mass is 9.81. The molecule has 3 aromatic rings. The van der Waals surface area contributed by atoms with Crippen LogP contribution in [0.3, 0.4) is 0 Å². The molecule has 0 fully saturated rings. The third-order valence-electron chi connectivity index (χ3n) is 3.13. The molecule has 0 aliphatic carbocycles. The fourth-order valence-corrected chi connectivity index (χ4v) is 2.08. The lowest BCUT2D eigenvalue weighted by Crippen LogP contribution is -2.29. The summed E-state index contributed by atoms with van der Waals surface area (Å²) in [5.74, 6) is 0. The van der Waals surface area contributed by atoms with Gasteiger partial charge in [-0.1, -0.05) is 42.5 Å². The Morgan fingerprint density at radius 2 is 1.63 bits per heavy atom. The highest BCUT2D eigenvalue weighted by Crippen LogP contribution is 2.22. The first-order chi connectivity index (χ1) is 9.24. The van der Waals surface area contributed by atoms with Crippen LogP contribution in [0.4, 0.5) is 0 Å². The van der Waals surface area contributed by atoms with E-state index in [4.69, 9.17) is 10.0 Å². The van der Waals surface area contributed by atoms with Gasteiger partial charge in [-0.15, -0.1) is 0 Å². The molecular weight excluding hydrogens is 237 g/mol. The molecule has 1 aromatic heterocycles. The molecule has 0 aliphatic rings. The van der Waals surface area contributed by atoms with Crippen LogP contribution < -0.4 is 5.46 Å². The van der Waals surface area contributed by atoms with Crippen molar-refractivity contribution in [2.24, 2.45) is 0 Å². The van der Waals surface area contributed by atoms with Gasteiger partial charge in [-0.3, -0.25) is 4.98 Å². The first kappa shape index (κ1) is 11.9. The molecular formula is C15H12BNO2. The molecule has 0 spiro atoms. The molecule has 0 aliphatic heterocycles. The third kappa shape index (κ3) is 2.36.